The van der Waals surface area contributed by atoms with Crippen LogP contribution in [0.5, 0.6) is 5.88 Å². The van der Waals surface area contributed by atoms with E-state index >= 15 is 0 Å². The summed E-state index contributed by atoms with van der Waals surface area (Å²) in [7, 11) is 1.26. The lowest BCUT2D eigenvalue weighted by molar-refractivity contribution is 0.0235. The van der Waals surface area contributed by atoms with Crippen molar-refractivity contribution in [3.8, 4) is 5.88 Å². The van der Waals surface area contributed by atoms with E-state index in [0.717, 1.165) is 12.8 Å². The molecule has 0 aliphatic carbocycles. The molecule has 0 unspecified atom stereocenters. The van der Waals surface area contributed by atoms with Crippen LogP contribution in [0.25, 0.3) is 0 Å². The van der Waals surface area contributed by atoms with Gasteiger partial charge >= 0.3 is 12.1 Å². The summed E-state index contributed by atoms with van der Waals surface area (Å²) in [4.78, 5) is 27.9. The number of hydrogen-bond donors (Lipinski definition) is 1. The van der Waals surface area contributed by atoms with Crippen molar-refractivity contribution in [2.45, 2.75) is 45.3 Å². The number of esters is 1. The number of nitrogens with one attached hydrogen (secondary N) is 1. The van der Waals surface area contributed by atoms with Gasteiger partial charge in [-0.1, -0.05) is 0 Å². The summed E-state index contributed by atoms with van der Waals surface area (Å²) in [5.41, 5.74) is -0.256. The maximum Gasteiger partial charge on any atom is 0.412 e. The molecule has 0 bridgehead atoms. The van der Waals surface area contributed by atoms with Crippen LogP contribution >= 0.6 is 0 Å². The van der Waals surface area contributed by atoms with Crippen LogP contribution in [-0.4, -0.2) is 49.1 Å². The van der Waals surface area contributed by atoms with Crippen LogP contribution in [0.3, 0.4) is 0 Å². The highest BCUT2D eigenvalue weighted by Gasteiger charge is 2.20. The SMILES string of the molecule is COC(=O)c1cc(NC(=O)OC(C)(C)C)cc(OC2CCOCC2)n1. The van der Waals surface area contributed by atoms with E-state index in [1.165, 1.54) is 13.2 Å². The minimum atomic E-state index is -0.635. The van der Waals surface area contributed by atoms with E-state index in [4.69, 9.17) is 18.9 Å². The van der Waals surface area contributed by atoms with Crippen molar-refractivity contribution < 1.29 is 28.5 Å². The minimum Gasteiger partial charge on any atom is -0.474 e. The summed E-state index contributed by atoms with van der Waals surface area (Å²) in [6.07, 6.45) is 0.785. The first kappa shape index (κ1) is 19.0. The maximum absolute atomic E-state index is 12.0. The van der Waals surface area contributed by atoms with E-state index < -0.39 is 17.7 Å². The molecule has 2 rings (SSSR count). The number of hydrogen-bond acceptors (Lipinski definition) is 7. The number of aromatic nitrogens is 1. The Hall–Kier alpha value is -2.35. The number of carbonyl (C=O) groups excluding carboxylic acids is 2. The van der Waals surface area contributed by atoms with E-state index in [1.54, 1.807) is 26.8 Å². The molecule has 0 aromatic carbocycles. The first-order valence-corrected chi connectivity index (χ1v) is 8.11. The van der Waals surface area contributed by atoms with Crippen molar-refractivity contribution >= 4 is 17.7 Å². The Morgan fingerprint density at radius 3 is 2.52 bits per heavy atom. The Balaban J connectivity index is 2.17. The van der Waals surface area contributed by atoms with E-state index in [2.05, 4.69) is 10.3 Å². The lowest BCUT2D eigenvalue weighted by Gasteiger charge is -2.23. The monoisotopic (exact) mass is 352 g/mol. The molecule has 0 spiro atoms. The number of rotatable bonds is 4. The zero-order valence-corrected chi connectivity index (χ0v) is 15.0. The molecule has 1 aromatic rings. The smallest absolute Gasteiger partial charge is 0.412 e. The minimum absolute atomic E-state index is 0.0399. The number of nitrogens with zero attached hydrogens (tertiary/aromatic N) is 1. The molecule has 0 saturated carbocycles. The van der Waals surface area contributed by atoms with Crippen LogP contribution in [0.4, 0.5) is 10.5 Å². The topological polar surface area (TPSA) is 96.0 Å². The molecular formula is C17H24N2O6. The third-order valence-electron chi connectivity index (χ3n) is 3.30. The van der Waals surface area contributed by atoms with Crippen molar-refractivity contribution in [2.24, 2.45) is 0 Å². The van der Waals surface area contributed by atoms with Crippen molar-refractivity contribution in [3.05, 3.63) is 17.8 Å². The first-order valence-electron chi connectivity index (χ1n) is 8.11. The van der Waals surface area contributed by atoms with Gasteiger partial charge in [-0.3, -0.25) is 5.32 Å². The number of amides is 1. The Morgan fingerprint density at radius 2 is 1.92 bits per heavy atom. The predicted octanol–water partition coefficient (Wildman–Crippen LogP) is 2.77. The molecule has 1 aliphatic rings. The number of carbonyl (C=O) groups is 2. The van der Waals surface area contributed by atoms with Crippen LogP contribution < -0.4 is 10.1 Å². The normalized spacial score (nSPS) is 15.4. The summed E-state index contributed by atoms with van der Waals surface area (Å²) in [6, 6.07) is 2.96. The second-order valence-corrected chi connectivity index (χ2v) is 6.63. The highest BCUT2D eigenvalue weighted by atomic mass is 16.6. The Labute approximate surface area is 146 Å². The lowest BCUT2D eigenvalue weighted by atomic mass is 10.1. The second kappa shape index (κ2) is 8.15. The molecule has 1 aromatic heterocycles. The average Bonchev–Trinajstić information content (AvgIpc) is 2.53. The largest absolute Gasteiger partial charge is 0.474 e. The van der Waals surface area contributed by atoms with Gasteiger partial charge in [-0.05, 0) is 26.8 Å². The highest BCUT2D eigenvalue weighted by molar-refractivity contribution is 5.91. The Bertz CT molecular complexity index is 620. The third kappa shape index (κ3) is 6.22. The fourth-order valence-corrected chi connectivity index (χ4v) is 2.23. The molecule has 1 aliphatic heterocycles. The summed E-state index contributed by atoms with van der Waals surface area (Å²) < 4.78 is 21.0. The van der Waals surface area contributed by atoms with E-state index in [1.807, 2.05) is 0 Å². The van der Waals surface area contributed by atoms with Crippen molar-refractivity contribution in [1.29, 1.82) is 0 Å². The second-order valence-electron chi connectivity index (χ2n) is 6.63. The summed E-state index contributed by atoms with van der Waals surface area (Å²) >= 11 is 0. The maximum atomic E-state index is 12.0. The van der Waals surface area contributed by atoms with Crippen LogP contribution in [0.1, 0.15) is 44.1 Å². The summed E-state index contributed by atoms with van der Waals surface area (Å²) in [5.74, 6) is -0.384. The molecule has 25 heavy (non-hydrogen) atoms. The summed E-state index contributed by atoms with van der Waals surface area (Å²) in [5, 5.41) is 2.58. The predicted molar refractivity (Wildman–Crippen MR) is 89.9 cm³/mol. The Morgan fingerprint density at radius 1 is 1.24 bits per heavy atom. The van der Waals surface area contributed by atoms with E-state index in [-0.39, 0.29) is 17.7 Å². The van der Waals surface area contributed by atoms with Crippen molar-refractivity contribution in [1.82, 2.24) is 4.98 Å². The Kier molecular flexibility index (Phi) is 6.19. The van der Waals surface area contributed by atoms with Crippen molar-refractivity contribution in [3.63, 3.8) is 0 Å². The zero-order valence-electron chi connectivity index (χ0n) is 15.0. The number of anilines is 1. The standard InChI is InChI=1S/C17H24N2O6/c1-17(2,3)25-16(21)18-11-9-13(15(20)22-4)19-14(10-11)24-12-5-7-23-8-6-12/h9-10,12H,5-8H2,1-4H3,(H,18,19,21). The number of methoxy groups -OCH3 is 1. The van der Waals surface area contributed by atoms with Gasteiger partial charge in [0.05, 0.1) is 26.0 Å². The van der Waals surface area contributed by atoms with Gasteiger partial charge in [-0.15, -0.1) is 0 Å². The fraction of sp³-hybridized carbons (Fsp3) is 0.588. The van der Waals surface area contributed by atoms with Gasteiger partial charge in [0, 0.05) is 18.9 Å². The highest BCUT2D eigenvalue weighted by Crippen LogP contribution is 2.22. The van der Waals surface area contributed by atoms with Crippen LogP contribution in [0.15, 0.2) is 12.1 Å². The molecule has 1 fully saturated rings. The molecule has 8 nitrogen and oxygen atoms in total. The first-order chi connectivity index (χ1) is 11.8. The lowest BCUT2D eigenvalue weighted by Crippen LogP contribution is -2.28. The van der Waals surface area contributed by atoms with E-state index in [0.29, 0.717) is 18.9 Å². The van der Waals surface area contributed by atoms with Crippen LogP contribution in [-0.2, 0) is 14.2 Å². The molecule has 0 radical (unpaired) electrons. The molecule has 1 N–H and O–H groups in total. The molecule has 2 heterocycles. The van der Waals surface area contributed by atoms with Gasteiger partial charge in [-0.25, -0.2) is 14.6 Å². The molecular weight excluding hydrogens is 328 g/mol. The van der Waals surface area contributed by atoms with E-state index in [9.17, 15) is 9.59 Å². The van der Waals surface area contributed by atoms with Gasteiger partial charge in [0.2, 0.25) is 5.88 Å². The number of ether oxygens (including phenoxy) is 4. The molecule has 0 atom stereocenters. The van der Waals surface area contributed by atoms with Crippen LogP contribution in [0, 0.1) is 0 Å². The van der Waals surface area contributed by atoms with Crippen LogP contribution in [0.2, 0.25) is 0 Å². The molecule has 1 amide bonds. The average molecular weight is 352 g/mol. The molecule has 138 valence electrons. The van der Waals surface area contributed by atoms with Gasteiger partial charge < -0.3 is 18.9 Å². The van der Waals surface area contributed by atoms with Gasteiger partial charge in [0.25, 0.3) is 0 Å². The molecule has 8 heteroatoms. The number of pyridine rings is 1. The van der Waals surface area contributed by atoms with Crippen molar-refractivity contribution in [2.75, 3.05) is 25.6 Å². The zero-order chi connectivity index (χ0) is 18.4. The fourth-order valence-electron chi connectivity index (χ4n) is 2.23. The quantitative estimate of drug-likeness (QED) is 0.832. The van der Waals surface area contributed by atoms with Gasteiger partial charge in [0.1, 0.15) is 11.7 Å². The third-order valence-corrected chi connectivity index (χ3v) is 3.30. The van der Waals surface area contributed by atoms with Gasteiger partial charge in [-0.2, -0.15) is 0 Å². The summed E-state index contributed by atoms with van der Waals surface area (Å²) in [6.45, 7) is 6.52. The molecule has 1 saturated heterocycles. The van der Waals surface area contributed by atoms with Gasteiger partial charge in [0.15, 0.2) is 5.69 Å².